The van der Waals surface area contributed by atoms with Crippen LogP contribution in [0.4, 0.5) is 0 Å². The molecule has 2 aromatic rings. The van der Waals surface area contributed by atoms with Crippen molar-refractivity contribution in [3.63, 3.8) is 0 Å². The minimum Gasteiger partial charge on any atom is -0.351 e. The summed E-state index contributed by atoms with van der Waals surface area (Å²) in [6.07, 6.45) is 3.64. The molecule has 0 fully saturated rings. The minimum atomic E-state index is -0.165. The predicted molar refractivity (Wildman–Crippen MR) is 75.6 cm³/mol. The lowest BCUT2D eigenvalue weighted by Gasteiger charge is -2.24. The second kappa shape index (κ2) is 5.49. The number of amides is 1. The molecule has 1 aromatic heterocycles. The van der Waals surface area contributed by atoms with E-state index in [-0.39, 0.29) is 11.9 Å². The smallest absolute Gasteiger partial charge is 0.290 e. The van der Waals surface area contributed by atoms with Gasteiger partial charge in [0.05, 0.1) is 5.69 Å². The molecule has 104 valence electrons. The van der Waals surface area contributed by atoms with Gasteiger partial charge in [0.15, 0.2) is 0 Å². The highest BCUT2D eigenvalue weighted by Gasteiger charge is 2.22. The van der Waals surface area contributed by atoms with E-state index >= 15 is 0 Å². The van der Waals surface area contributed by atoms with Crippen LogP contribution in [0.1, 0.15) is 40.7 Å². The number of hydrogen-bond acceptors (Lipinski definition) is 3. The zero-order valence-electron chi connectivity index (χ0n) is 11.6. The molecule has 0 unspecified atom stereocenters. The molecule has 3 rings (SSSR count). The second-order valence-electron chi connectivity index (χ2n) is 5.22. The van der Waals surface area contributed by atoms with E-state index in [9.17, 15) is 4.79 Å². The van der Waals surface area contributed by atoms with Gasteiger partial charge >= 0.3 is 0 Å². The molecular weight excluding hydrogens is 252 g/mol. The van der Waals surface area contributed by atoms with E-state index in [2.05, 4.69) is 28.7 Å². The third-order valence-corrected chi connectivity index (χ3v) is 3.83. The van der Waals surface area contributed by atoms with Gasteiger partial charge in [0.2, 0.25) is 5.76 Å². The number of fused-ring (bicyclic) bond motifs is 1. The van der Waals surface area contributed by atoms with Crippen molar-refractivity contribution >= 4 is 5.91 Å². The van der Waals surface area contributed by atoms with Gasteiger partial charge in [-0.25, -0.2) is 0 Å². The molecule has 1 amide bonds. The molecule has 0 radical (unpaired) electrons. The Balaban J connectivity index is 1.66. The van der Waals surface area contributed by atoms with E-state index in [1.165, 1.54) is 11.1 Å². The lowest BCUT2D eigenvalue weighted by molar-refractivity contribution is 0.0896. The Hall–Kier alpha value is -2.10. The molecule has 20 heavy (non-hydrogen) atoms. The first kappa shape index (κ1) is 12.9. The van der Waals surface area contributed by atoms with Crippen LogP contribution >= 0.6 is 0 Å². The standard InChI is InChI=1S/C16H18N2O2/c1-2-13-10-15(20-18-13)16(19)17-14-8-7-11-5-3-4-6-12(11)9-14/h3-6,10,14H,2,7-9H2,1H3,(H,17,19)/t14-/m0/s1. The van der Waals surface area contributed by atoms with Crippen molar-refractivity contribution in [3.8, 4) is 0 Å². The SMILES string of the molecule is CCc1cc(C(=O)N[C@H]2CCc3ccccc3C2)on1. The number of carbonyl (C=O) groups is 1. The molecule has 1 aliphatic rings. The average molecular weight is 270 g/mol. The van der Waals surface area contributed by atoms with E-state index in [4.69, 9.17) is 4.52 Å². The summed E-state index contributed by atoms with van der Waals surface area (Å²) in [7, 11) is 0. The third-order valence-electron chi connectivity index (χ3n) is 3.83. The lowest BCUT2D eigenvalue weighted by Crippen LogP contribution is -2.38. The maximum Gasteiger partial charge on any atom is 0.290 e. The van der Waals surface area contributed by atoms with Crippen molar-refractivity contribution in [2.75, 3.05) is 0 Å². The molecule has 0 aliphatic heterocycles. The quantitative estimate of drug-likeness (QED) is 0.932. The van der Waals surface area contributed by atoms with Gasteiger partial charge < -0.3 is 9.84 Å². The van der Waals surface area contributed by atoms with Gasteiger partial charge in [0, 0.05) is 12.1 Å². The van der Waals surface area contributed by atoms with Crippen LogP contribution in [0.5, 0.6) is 0 Å². The summed E-state index contributed by atoms with van der Waals surface area (Å²) in [5.74, 6) is 0.141. The summed E-state index contributed by atoms with van der Waals surface area (Å²) >= 11 is 0. The van der Waals surface area contributed by atoms with Crippen LogP contribution in [0.25, 0.3) is 0 Å². The van der Waals surface area contributed by atoms with Crippen LogP contribution in [-0.4, -0.2) is 17.1 Å². The van der Waals surface area contributed by atoms with Gasteiger partial charge in [0.1, 0.15) is 0 Å². The molecule has 0 saturated heterocycles. The van der Waals surface area contributed by atoms with Gasteiger partial charge in [-0.15, -0.1) is 0 Å². The fourth-order valence-electron chi connectivity index (χ4n) is 2.66. The molecule has 4 nitrogen and oxygen atoms in total. The van der Waals surface area contributed by atoms with Crippen molar-refractivity contribution in [1.82, 2.24) is 10.5 Å². The summed E-state index contributed by atoms with van der Waals surface area (Å²) in [6.45, 7) is 1.98. The van der Waals surface area contributed by atoms with E-state index in [1.807, 2.05) is 13.0 Å². The summed E-state index contributed by atoms with van der Waals surface area (Å²) < 4.78 is 5.07. The van der Waals surface area contributed by atoms with Crippen molar-refractivity contribution in [3.05, 3.63) is 52.9 Å². The normalized spacial score (nSPS) is 17.6. The largest absolute Gasteiger partial charge is 0.351 e. The Morgan fingerprint density at radius 1 is 1.40 bits per heavy atom. The average Bonchev–Trinajstić information content (AvgIpc) is 2.96. The van der Waals surface area contributed by atoms with Crippen LogP contribution in [0.2, 0.25) is 0 Å². The Kier molecular flexibility index (Phi) is 3.54. The molecule has 1 aromatic carbocycles. The minimum absolute atomic E-state index is 0.165. The van der Waals surface area contributed by atoms with Crippen LogP contribution in [-0.2, 0) is 19.3 Å². The molecule has 1 atom stereocenters. The van der Waals surface area contributed by atoms with Crippen molar-refractivity contribution in [2.24, 2.45) is 0 Å². The van der Waals surface area contributed by atoms with Crippen molar-refractivity contribution in [2.45, 2.75) is 38.6 Å². The maximum atomic E-state index is 12.1. The van der Waals surface area contributed by atoms with Gasteiger partial charge in [-0.05, 0) is 36.8 Å². The summed E-state index contributed by atoms with van der Waals surface area (Å²) in [4.78, 5) is 12.1. The lowest BCUT2D eigenvalue weighted by atomic mass is 9.88. The zero-order chi connectivity index (χ0) is 13.9. The van der Waals surface area contributed by atoms with E-state index < -0.39 is 0 Å². The molecule has 0 bridgehead atoms. The Labute approximate surface area is 118 Å². The first-order chi connectivity index (χ1) is 9.76. The topological polar surface area (TPSA) is 55.1 Å². The number of benzene rings is 1. The van der Waals surface area contributed by atoms with Crippen LogP contribution in [0.15, 0.2) is 34.9 Å². The van der Waals surface area contributed by atoms with Gasteiger partial charge in [-0.1, -0.05) is 36.3 Å². The monoisotopic (exact) mass is 270 g/mol. The first-order valence-corrected chi connectivity index (χ1v) is 7.09. The molecular formula is C16H18N2O2. The Bertz CT molecular complexity index is 618. The molecule has 0 spiro atoms. The van der Waals surface area contributed by atoms with Crippen molar-refractivity contribution < 1.29 is 9.32 Å². The summed E-state index contributed by atoms with van der Waals surface area (Å²) in [5, 5.41) is 6.89. The fourth-order valence-corrected chi connectivity index (χ4v) is 2.66. The molecule has 1 aliphatic carbocycles. The van der Waals surface area contributed by atoms with Crippen LogP contribution in [0.3, 0.4) is 0 Å². The maximum absolute atomic E-state index is 12.1. The van der Waals surface area contributed by atoms with Gasteiger partial charge in [0.25, 0.3) is 5.91 Å². The number of rotatable bonds is 3. The number of aryl methyl sites for hydroxylation is 2. The summed E-state index contributed by atoms with van der Waals surface area (Å²) in [6, 6.07) is 10.3. The number of aromatic nitrogens is 1. The predicted octanol–water partition coefficient (Wildman–Crippen LogP) is 2.52. The van der Waals surface area contributed by atoms with E-state index in [0.29, 0.717) is 5.76 Å². The number of carbonyl (C=O) groups excluding carboxylic acids is 1. The highest BCUT2D eigenvalue weighted by atomic mass is 16.5. The molecule has 1 N–H and O–H groups in total. The van der Waals surface area contributed by atoms with Gasteiger partial charge in [-0.3, -0.25) is 4.79 Å². The van der Waals surface area contributed by atoms with Crippen LogP contribution in [0, 0.1) is 0 Å². The number of nitrogens with one attached hydrogen (secondary N) is 1. The van der Waals surface area contributed by atoms with E-state index in [0.717, 1.165) is 31.4 Å². The highest BCUT2D eigenvalue weighted by Crippen LogP contribution is 2.21. The summed E-state index contributed by atoms with van der Waals surface area (Å²) in [5.41, 5.74) is 3.53. The van der Waals surface area contributed by atoms with Gasteiger partial charge in [-0.2, -0.15) is 0 Å². The highest BCUT2D eigenvalue weighted by molar-refractivity contribution is 5.91. The molecule has 0 saturated carbocycles. The van der Waals surface area contributed by atoms with E-state index in [1.54, 1.807) is 6.07 Å². The number of nitrogens with zero attached hydrogens (tertiary/aromatic N) is 1. The fraction of sp³-hybridized carbons (Fsp3) is 0.375. The zero-order valence-corrected chi connectivity index (χ0v) is 11.6. The Morgan fingerprint density at radius 2 is 2.20 bits per heavy atom. The Morgan fingerprint density at radius 3 is 2.95 bits per heavy atom. The second-order valence-corrected chi connectivity index (χ2v) is 5.22. The molecule has 1 heterocycles. The molecule has 4 heteroatoms. The van der Waals surface area contributed by atoms with Crippen molar-refractivity contribution in [1.29, 1.82) is 0 Å². The third kappa shape index (κ3) is 2.59. The number of hydrogen-bond donors (Lipinski definition) is 1. The van der Waals surface area contributed by atoms with Crippen LogP contribution < -0.4 is 5.32 Å². The first-order valence-electron chi connectivity index (χ1n) is 7.09.